The van der Waals surface area contributed by atoms with Crippen molar-refractivity contribution in [2.75, 3.05) is 0 Å². The number of rotatable bonds is 7. The number of halogens is 2. The van der Waals surface area contributed by atoms with Crippen molar-refractivity contribution in [2.24, 2.45) is 0 Å². The van der Waals surface area contributed by atoms with Crippen molar-refractivity contribution in [3.05, 3.63) is 32.7 Å². The highest BCUT2D eigenvalue weighted by molar-refractivity contribution is 9.13. The van der Waals surface area contributed by atoms with Gasteiger partial charge >= 0.3 is 5.97 Å². The van der Waals surface area contributed by atoms with Gasteiger partial charge in [0.2, 0.25) is 6.41 Å². The van der Waals surface area contributed by atoms with E-state index >= 15 is 0 Å². The largest absolute Gasteiger partial charge is 0.481 e. The summed E-state index contributed by atoms with van der Waals surface area (Å²) in [7, 11) is 0. The van der Waals surface area contributed by atoms with E-state index in [2.05, 4.69) is 37.2 Å². The van der Waals surface area contributed by atoms with E-state index in [1.54, 1.807) is 0 Å². The summed E-state index contributed by atoms with van der Waals surface area (Å²) in [5.74, 6) is -0.857. The van der Waals surface area contributed by atoms with E-state index in [4.69, 9.17) is 5.11 Å². The molecule has 0 aliphatic rings. The molecule has 1 aromatic carbocycles. The third kappa shape index (κ3) is 5.18. The zero-order chi connectivity index (χ0) is 13.5. The number of hydrogen-bond donors (Lipinski definition) is 2. The first-order chi connectivity index (χ1) is 8.52. The van der Waals surface area contributed by atoms with Gasteiger partial charge in [-0.2, -0.15) is 0 Å². The van der Waals surface area contributed by atoms with Crippen molar-refractivity contribution < 1.29 is 14.7 Å². The molecule has 0 bridgehead atoms. The van der Waals surface area contributed by atoms with Crippen LogP contribution in [0, 0.1) is 0 Å². The summed E-state index contributed by atoms with van der Waals surface area (Å²) in [4.78, 5) is 21.0. The topological polar surface area (TPSA) is 66.4 Å². The highest BCUT2D eigenvalue weighted by Gasteiger charge is 2.11. The Morgan fingerprint density at radius 3 is 2.67 bits per heavy atom. The van der Waals surface area contributed by atoms with Crippen LogP contribution in [0.15, 0.2) is 27.1 Å². The Labute approximate surface area is 122 Å². The molecule has 0 heterocycles. The number of carboxylic acid groups (broad SMARTS) is 1. The Morgan fingerprint density at radius 2 is 2.11 bits per heavy atom. The number of nitrogens with one attached hydrogen (secondary N) is 1. The van der Waals surface area contributed by atoms with E-state index in [0.29, 0.717) is 19.3 Å². The average Bonchev–Trinajstić information content (AvgIpc) is 2.31. The number of amides is 1. The summed E-state index contributed by atoms with van der Waals surface area (Å²) in [6.45, 7) is 0. The number of hydrogen-bond acceptors (Lipinski definition) is 2. The second-order valence-electron chi connectivity index (χ2n) is 3.87. The molecular formula is C12H13Br2NO3. The Balaban J connectivity index is 2.66. The van der Waals surface area contributed by atoms with Crippen molar-refractivity contribution in [1.82, 2.24) is 5.32 Å². The molecule has 0 fully saturated rings. The van der Waals surface area contributed by atoms with Gasteiger partial charge in [-0.15, -0.1) is 0 Å². The Bertz CT molecular complexity index is 437. The van der Waals surface area contributed by atoms with Crippen LogP contribution in [-0.4, -0.2) is 23.5 Å². The molecule has 0 aromatic heterocycles. The molecular weight excluding hydrogens is 366 g/mol. The molecule has 0 spiro atoms. The number of aliphatic carboxylic acids is 1. The van der Waals surface area contributed by atoms with Gasteiger partial charge in [-0.3, -0.25) is 9.59 Å². The minimum atomic E-state index is -0.857. The predicted octanol–water partition coefficient (Wildman–Crippen LogP) is 2.73. The molecule has 0 radical (unpaired) electrons. The van der Waals surface area contributed by atoms with Gasteiger partial charge in [0, 0.05) is 21.4 Å². The Kier molecular flexibility index (Phi) is 6.35. The van der Waals surface area contributed by atoms with Crippen molar-refractivity contribution in [3.8, 4) is 0 Å². The summed E-state index contributed by atoms with van der Waals surface area (Å²) >= 11 is 6.79. The first kappa shape index (κ1) is 15.2. The lowest BCUT2D eigenvalue weighted by Crippen LogP contribution is -2.30. The van der Waals surface area contributed by atoms with Crippen LogP contribution in [0.5, 0.6) is 0 Å². The zero-order valence-electron chi connectivity index (χ0n) is 9.53. The van der Waals surface area contributed by atoms with E-state index in [1.807, 2.05) is 18.2 Å². The van der Waals surface area contributed by atoms with Gasteiger partial charge in [-0.05, 0) is 62.4 Å². The molecule has 1 amide bonds. The molecule has 98 valence electrons. The van der Waals surface area contributed by atoms with Gasteiger partial charge in [0.1, 0.15) is 0 Å². The second kappa shape index (κ2) is 7.53. The van der Waals surface area contributed by atoms with Crippen molar-refractivity contribution in [3.63, 3.8) is 0 Å². The average molecular weight is 379 g/mol. The highest BCUT2D eigenvalue weighted by atomic mass is 79.9. The quantitative estimate of drug-likeness (QED) is 0.717. The van der Waals surface area contributed by atoms with E-state index in [9.17, 15) is 9.59 Å². The van der Waals surface area contributed by atoms with Crippen molar-refractivity contribution in [2.45, 2.75) is 25.3 Å². The molecule has 18 heavy (non-hydrogen) atoms. The molecule has 0 saturated carbocycles. The summed E-state index contributed by atoms with van der Waals surface area (Å²) in [6.07, 6.45) is 1.68. The first-order valence-corrected chi connectivity index (χ1v) is 6.97. The molecule has 0 aliphatic carbocycles. The van der Waals surface area contributed by atoms with Crippen LogP contribution >= 0.6 is 31.9 Å². The fraction of sp³-hybridized carbons (Fsp3) is 0.333. The van der Waals surface area contributed by atoms with Crippen LogP contribution in [0.25, 0.3) is 0 Å². The van der Waals surface area contributed by atoms with Gasteiger partial charge in [0.05, 0.1) is 0 Å². The normalized spacial score (nSPS) is 11.9. The number of carbonyl (C=O) groups excluding carboxylic acids is 1. The fourth-order valence-electron chi connectivity index (χ4n) is 1.59. The van der Waals surface area contributed by atoms with Gasteiger partial charge in [0.25, 0.3) is 0 Å². The predicted molar refractivity (Wildman–Crippen MR) is 75.4 cm³/mol. The first-order valence-electron chi connectivity index (χ1n) is 5.38. The Hall–Kier alpha value is -0.880. The third-order valence-electron chi connectivity index (χ3n) is 2.48. The summed E-state index contributed by atoms with van der Waals surface area (Å²) < 4.78 is 1.89. The zero-order valence-corrected chi connectivity index (χ0v) is 12.7. The van der Waals surface area contributed by atoms with Crippen LogP contribution in [0.2, 0.25) is 0 Å². The summed E-state index contributed by atoms with van der Waals surface area (Å²) in [6, 6.07) is 5.64. The van der Waals surface area contributed by atoms with Crippen LogP contribution in [0.3, 0.4) is 0 Å². The van der Waals surface area contributed by atoms with Crippen LogP contribution < -0.4 is 5.32 Å². The van der Waals surface area contributed by atoms with Crippen LogP contribution in [-0.2, 0) is 16.0 Å². The minimum absolute atomic E-state index is 0.0448. The molecule has 1 unspecified atom stereocenters. The molecule has 6 heteroatoms. The van der Waals surface area contributed by atoms with Crippen LogP contribution in [0.4, 0.5) is 0 Å². The molecule has 1 aromatic rings. The molecule has 0 saturated heterocycles. The minimum Gasteiger partial charge on any atom is -0.481 e. The van der Waals surface area contributed by atoms with E-state index in [-0.39, 0.29) is 12.5 Å². The number of benzene rings is 1. The smallest absolute Gasteiger partial charge is 0.303 e. The number of carboxylic acids is 1. The van der Waals surface area contributed by atoms with Gasteiger partial charge in [0.15, 0.2) is 0 Å². The standard InChI is InChI=1S/C12H13Br2NO3/c13-10-3-1-8(6-11(10)14)5-9(15-7-16)2-4-12(17)18/h1,3,6-7,9H,2,4-5H2,(H,15,16)(H,17,18). The van der Waals surface area contributed by atoms with Crippen molar-refractivity contribution in [1.29, 1.82) is 0 Å². The number of carbonyl (C=O) groups is 2. The molecule has 2 N–H and O–H groups in total. The van der Waals surface area contributed by atoms with Gasteiger partial charge < -0.3 is 10.4 Å². The van der Waals surface area contributed by atoms with Crippen LogP contribution in [0.1, 0.15) is 18.4 Å². The van der Waals surface area contributed by atoms with Gasteiger partial charge in [-0.25, -0.2) is 0 Å². The molecule has 0 aliphatic heterocycles. The summed E-state index contributed by atoms with van der Waals surface area (Å²) in [5, 5.41) is 11.3. The molecule has 4 nitrogen and oxygen atoms in total. The third-order valence-corrected chi connectivity index (χ3v) is 4.36. The monoisotopic (exact) mass is 377 g/mol. The van der Waals surface area contributed by atoms with E-state index < -0.39 is 5.97 Å². The lowest BCUT2D eigenvalue weighted by Gasteiger charge is -2.15. The second-order valence-corrected chi connectivity index (χ2v) is 5.58. The molecule has 1 rings (SSSR count). The maximum absolute atomic E-state index is 10.5. The maximum atomic E-state index is 10.5. The molecule has 1 atom stereocenters. The maximum Gasteiger partial charge on any atom is 0.303 e. The van der Waals surface area contributed by atoms with E-state index in [0.717, 1.165) is 14.5 Å². The lowest BCUT2D eigenvalue weighted by atomic mass is 10.0. The fourth-order valence-corrected chi connectivity index (χ4v) is 2.26. The Morgan fingerprint density at radius 1 is 1.39 bits per heavy atom. The summed E-state index contributed by atoms with van der Waals surface area (Å²) in [5.41, 5.74) is 1.04. The lowest BCUT2D eigenvalue weighted by molar-refractivity contribution is -0.137. The van der Waals surface area contributed by atoms with E-state index in [1.165, 1.54) is 0 Å². The van der Waals surface area contributed by atoms with Crippen molar-refractivity contribution >= 4 is 44.2 Å². The SMILES string of the molecule is O=CNC(CCC(=O)O)Cc1ccc(Br)c(Br)c1. The van der Waals surface area contributed by atoms with Gasteiger partial charge in [-0.1, -0.05) is 6.07 Å². The highest BCUT2D eigenvalue weighted by Crippen LogP contribution is 2.24.